The number of allylic oxidation sites excluding steroid dienone is 1. The average Bonchev–Trinajstić information content (AvgIpc) is 3.43. The summed E-state index contributed by atoms with van der Waals surface area (Å²) in [5.41, 5.74) is 11.7. The molecule has 2 heteroatoms. The molecule has 3 aromatic rings. The molecule has 0 saturated carbocycles. The summed E-state index contributed by atoms with van der Waals surface area (Å²) in [5.74, 6) is 0. The second-order valence-electron chi connectivity index (χ2n) is 10.1. The molecule has 0 aromatic heterocycles. The minimum absolute atomic E-state index is 0.0745. The molecule has 35 heavy (non-hydrogen) atoms. The molecule has 3 aromatic carbocycles. The van der Waals surface area contributed by atoms with Crippen molar-refractivity contribution in [1.82, 2.24) is 4.57 Å². The number of fused-ring (bicyclic) bond motifs is 5. The van der Waals surface area contributed by atoms with E-state index in [1.807, 2.05) is 0 Å². The van der Waals surface area contributed by atoms with Crippen LogP contribution >= 0.6 is 15.9 Å². The van der Waals surface area contributed by atoms with Gasteiger partial charge in [0.2, 0.25) is 0 Å². The molecule has 0 unspecified atom stereocenters. The molecule has 1 heterocycles. The van der Waals surface area contributed by atoms with Crippen LogP contribution in [0.2, 0.25) is 0 Å². The molecule has 168 valence electrons. The molecule has 3 aliphatic carbocycles. The predicted octanol–water partition coefficient (Wildman–Crippen LogP) is 7.33. The normalized spacial score (nSPS) is 15.3. The minimum atomic E-state index is -0.0745. The molecule has 1 nitrogen and oxygen atoms in total. The van der Waals surface area contributed by atoms with Crippen molar-refractivity contribution >= 4 is 33.7 Å². The van der Waals surface area contributed by atoms with Crippen molar-refractivity contribution in [2.24, 2.45) is 0 Å². The fourth-order valence-corrected chi connectivity index (χ4v) is 6.29. The SMILES string of the molecule is CC1(C)C2=c3ccccc3=CC2=Cc2cc3ccn(-c4ccc(-c5ccc(Br)cc5)cc4)cc-3c21. The summed E-state index contributed by atoms with van der Waals surface area (Å²) in [6.07, 6.45) is 9.22. The zero-order valence-corrected chi connectivity index (χ0v) is 21.3. The van der Waals surface area contributed by atoms with Gasteiger partial charge in [-0.1, -0.05) is 78.3 Å². The summed E-state index contributed by atoms with van der Waals surface area (Å²) in [7, 11) is 0. The Bertz CT molecular complexity index is 1750. The topological polar surface area (TPSA) is 4.93 Å². The Morgan fingerprint density at radius 1 is 0.743 bits per heavy atom. The third-order valence-corrected chi connectivity index (χ3v) is 8.13. The van der Waals surface area contributed by atoms with Crippen LogP contribution in [0.4, 0.5) is 0 Å². The third-order valence-electron chi connectivity index (χ3n) is 7.60. The zero-order chi connectivity index (χ0) is 23.7. The summed E-state index contributed by atoms with van der Waals surface area (Å²) in [6.45, 7) is 4.77. The van der Waals surface area contributed by atoms with E-state index in [0.29, 0.717) is 0 Å². The van der Waals surface area contributed by atoms with Crippen molar-refractivity contribution in [1.29, 1.82) is 0 Å². The highest BCUT2D eigenvalue weighted by atomic mass is 79.9. The summed E-state index contributed by atoms with van der Waals surface area (Å²) < 4.78 is 3.35. The fraction of sp³-hybridized carbons (Fsp3) is 0.0909. The van der Waals surface area contributed by atoms with E-state index in [4.69, 9.17) is 0 Å². The fourth-order valence-electron chi connectivity index (χ4n) is 6.03. The first-order valence-corrected chi connectivity index (χ1v) is 12.8. The van der Waals surface area contributed by atoms with Crippen LogP contribution in [0, 0.1) is 0 Å². The van der Waals surface area contributed by atoms with E-state index >= 15 is 0 Å². The number of halogens is 1. The Balaban J connectivity index is 1.35. The van der Waals surface area contributed by atoms with Gasteiger partial charge in [0.25, 0.3) is 0 Å². The van der Waals surface area contributed by atoms with Gasteiger partial charge >= 0.3 is 0 Å². The quantitative estimate of drug-likeness (QED) is 0.233. The third kappa shape index (κ3) is 3.13. The molecule has 1 aliphatic heterocycles. The van der Waals surface area contributed by atoms with Gasteiger partial charge in [-0.3, -0.25) is 0 Å². The first-order chi connectivity index (χ1) is 17.0. The van der Waals surface area contributed by atoms with Crippen molar-refractivity contribution in [2.75, 3.05) is 0 Å². The second-order valence-corrected chi connectivity index (χ2v) is 11.0. The summed E-state index contributed by atoms with van der Waals surface area (Å²) >= 11 is 3.52. The maximum atomic E-state index is 3.52. The van der Waals surface area contributed by atoms with E-state index in [2.05, 4.69) is 144 Å². The van der Waals surface area contributed by atoms with Gasteiger partial charge in [0.15, 0.2) is 0 Å². The highest BCUT2D eigenvalue weighted by Crippen LogP contribution is 2.50. The van der Waals surface area contributed by atoms with Crippen LogP contribution in [0.25, 0.3) is 45.7 Å². The van der Waals surface area contributed by atoms with Crippen LogP contribution < -0.4 is 10.4 Å². The van der Waals surface area contributed by atoms with Gasteiger partial charge in [0.05, 0.1) is 0 Å². The van der Waals surface area contributed by atoms with E-state index < -0.39 is 0 Å². The Morgan fingerprint density at radius 2 is 1.46 bits per heavy atom. The lowest BCUT2D eigenvalue weighted by Gasteiger charge is -2.33. The van der Waals surface area contributed by atoms with Crippen molar-refractivity contribution in [2.45, 2.75) is 19.3 Å². The second kappa shape index (κ2) is 7.44. The largest absolute Gasteiger partial charge is 0.323 e. The summed E-state index contributed by atoms with van der Waals surface area (Å²) in [6, 6.07) is 30.7. The highest BCUT2D eigenvalue weighted by Gasteiger charge is 2.38. The number of aromatic nitrogens is 1. The Hall–Kier alpha value is -3.62. The lowest BCUT2D eigenvalue weighted by atomic mass is 9.70. The van der Waals surface area contributed by atoms with E-state index in [1.165, 1.54) is 60.7 Å². The minimum Gasteiger partial charge on any atom is -0.323 e. The van der Waals surface area contributed by atoms with Gasteiger partial charge in [0.1, 0.15) is 0 Å². The molecular formula is C33H24BrN. The Kier molecular flexibility index (Phi) is 4.40. The predicted molar refractivity (Wildman–Crippen MR) is 150 cm³/mol. The number of hydrogen-bond donors (Lipinski definition) is 0. The molecule has 0 bridgehead atoms. The summed E-state index contributed by atoms with van der Waals surface area (Å²) in [5, 5.41) is 2.70. The maximum Gasteiger partial charge on any atom is 0.0450 e. The number of benzene rings is 3. The van der Waals surface area contributed by atoms with Crippen LogP contribution in [0.3, 0.4) is 0 Å². The molecule has 0 spiro atoms. The zero-order valence-electron chi connectivity index (χ0n) is 19.7. The van der Waals surface area contributed by atoms with E-state index in [0.717, 1.165) is 4.47 Å². The van der Waals surface area contributed by atoms with E-state index in [-0.39, 0.29) is 5.41 Å². The van der Waals surface area contributed by atoms with Crippen LogP contribution in [-0.4, -0.2) is 4.57 Å². The van der Waals surface area contributed by atoms with Gasteiger partial charge in [0, 0.05) is 33.5 Å². The van der Waals surface area contributed by atoms with Gasteiger partial charge < -0.3 is 4.57 Å². The van der Waals surface area contributed by atoms with Gasteiger partial charge in [-0.2, -0.15) is 0 Å². The lowest BCUT2D eigenvalue weighted by molar-refractivity contribution is 0.689. The lowest BCUT2D eigenvalue weighted by Crippen LogP contribution is -2.31. The molecule has 0 atom stereocenters. The average molecular weight is 514 g/mol. The van der Waals surface area contributed by atoms with Gasteiger partial charge in [-0.15, -0.1) is 0 Å². The molecule has 0 N–H and O–H groups in total. The van der Waals surface area contributed by atoms with Crippen molar-refractivity contribution < 1.29 is 0 Å². The molecule has 7 rings (SSSR count). The molecule has 0 amide bonds. The molecular weight excluding hydrogens is 490 g/mol. The Morgan fingerprint density at radius 3 is 2.23 bits per heavy atom. The molecule has 0 fully saturated rings. The van der Waals surface area contributed by atoms with Gasteiger partial charge in [-0.05, 0) is 98.0 Å². The maximum absolute atomic E-state index is 3.52. The van der Waals surface area contributed by atoms with Crippen LogP contribution in [-0.2, 0) is 5.41 Å². The standard InChI is InChI=1S/C33H24BrN/c1-33(2)31-25(17-23-5-3-4-6-29(23)31)19-26-18-24-15-16-35(20-30(24)32(26)33)28-13-9-22(10-14-28)21-7-11-27(34)12-8-21/h3-20H,1-2H3. The van der Waals surface area contributed by atoms with Gasteiger partial charge in [-0.25, -0.2) is 0 Å². The summed E-state index contributed by atoms with van der Waals surface area (Å²) in [4.78, 5) is 0. The number of rotatable bonds is 2. The number of nitrogens with zero attached hydrogens (tertiary/aromatic N) is 1. The first-order valence-electron chi connectivity index (χ1n) is 12.0. The monoisotopic (exact) mass is 513 g/mol. The molecule has 4 aliphatic rings. The smallest absolute Gasteiger partial charge is 0.0450 e. The van der Waals surface area contributed by atoms with Crippen LogP contribution in [0.1, 0.15) is 25.0 Å². The van der Waals surface area contributed by atoms with E-state index in [1.54, 1.807) is 0 Å². The number of pyridine rings is 1. The van der Waals surface area contributed by atoms with Crippen LogP contribution in [0.5, 0.6) is 0 Å². The Labute approximate surface area is 213 Å². The van der Waals surface area contributed by atoms with Crippen molar-refractivity contribution in [3.05, 3.63) is 129 Å². The van der Waals surface area contributed by atoms with E-state index in [9.17, 15) is 0 Å². The van der Waals surface area contributed by atoms with Crippen LogP contribution in [0.15, 0.2) is 107 Å². The number of hydrogen-bond acceptors (Lipinski definition) is 0. The highest BCUT2D eigenvalue weighted by molar-refractivity contribution is 9.10. The molecule has 0 saturated heterocycles. The van der Waals surface area contributed by atoms with Crippen molar-refractivity contribution in [3.63, 3.8) is 0 Å². The first kappa shape index (κ1) is 20.7. The van der Waals surface area contributed by atoms with Crippen molar-refractivity contribution in [3.8, 4) is 27.9 Å². The molecule has 0 radical (unpaired) electrons.